The van der Waals surface area contributed by atoms with Gasteiger partial charge in [0.15, 0.2) is 0 Å². The van der Waals surface area contributed by atoms with Crippen LogP contribution in [-0.4, -0.2) is 22.6 Å². The number of nitrogens with one attached hydrogen (secondary N) is 1. The van der Waals surface area contributed by atoms with E-state index in [0.717, 1.165) is 11.1 Å². The largest absolute Gasteiger partial charge is 0.495 e. The molecule has 0 atom stereocenters. The monoisotopic (exact) mass is 355 g/mol. The van der Waals surface area contributed by atoms with Crippen LogP contribution in [0.15, 0.2) is 35.2 Å². The Bertz CT molecular complexity index is 814. The van der Waals surface area contributed by atoms with Gasteiger partial charge >= 0.3 is 0 Å². The molecule has 0 heterocycles. The molecule has 0 saturated carbocycles. The first-order chi connectivity index (χ1) is 10.8. The highest BCUT2D eigenvalue weighted by atomic mass is 35.5. The van der Waals surface area contributed by atoms with Gasteiger partial charge in [-0.3, -0.25) is 4.72 Å². The van der Waals surface area contributed by atoms with Gasteiger partial charge in [0.05, 0.1) is 24.9 Å². The van der Waals surface area contributed by atoms with Crippen LogP contribution in [0.3, 0.4) is 0 Å². The SMILES string of the molecule is COc1cc(S(=O)(=O)Nc2c(C)cccc2C)c(OC)cc1Cl. The maximum Gasteiger partial charge on any atom is 0.265 e. The Morgan fingerprint density at radius 2 is 1.57 bits per heavy atom. The Kier molecular flexibility index (Phi) is 5.06. The molecular weight excluding hydrogens is 338 g/mol. The normalized spacial score (nSPS) is 11.2. The minimum Gasteiger partial charge on any atom is -0.495 e. The number of para-hydroxylation sites is 1. The number of ether oxygens (including phenoxy) is 2. The molecule has 0 amide bonds. The zero-order valence-corrected chi connectivity index (χ0v) is 14.9. The van der Waals surface area contributed by atoms with Crippen LogP contribution in [0.1, 0.15) is 11.1 Å². The molecule has 2 aromatic carbocycles. The summed E-state index contributed by atoms with van der Waals surface area (Å²) in [5.74, 6) is 0.406. The molecule has 23 heavy (non-hydrogen) atoms. The maximum atomic E-state index is 12.8. The maximum absolute atomic E-state index is 12.8. The van der Waals surface area contributed by atoms with Crippen molar-refractivity contribution < 1.29 is 17.9 Å². The van der Waals surface area contributed by atoms with Crippen LogP contribution in [0.25, 0.3) is 0 Å². The van der Waals surface area contributed by atoms with E-state index in [1.807, 2.05) is 32.0 Å². The molecule has 0 aliphatic heterocycles. The number of benzene rings is 2. The second-order valence-corrected chi connectivity index (χ2v) is 7.07. The van der Waals surface area contributed by atoms with Crippen molar-refractivity contribution in [3.63, 3.8) is 0 Å². The standard InChI is InChI=1S/C16H18ClNO4S/c1-10-6-5-7-11(2)16(10)18-23(19,20)15-9-13(21-3)12(17)8-14(15)22-4/h5-9,18H,1-4H3. The van der Waals surface area contributed by atoms with Crippen LogP contribution >= 0.6 is 11.6 Å². The van der Waals surface area contributed by atoms with Gasteiger partial charge in [0.25, 0.3) is 10.0 Å². The van der Waals surface area contributed by atoms with Gasteiger partial charge in [-0.25, -0.2) is 8.42 Å². The third-order valence-corrected chi connectivity index (χ3v) is 5.11. The predicted molar refractivity (Wildman–Crippen MR) is 91.3 cm³/mol. The fourth-order valence-electron chi connectivity index (χ4n) is 2.21. The number of rotatable bonds is 5. The fraction of sp³-hybridized carbons (Fsp3) is 0.250. The first-order valence-corrected chi connectivity index (χ1v) is 8.67. The lowest BCUT2D eigenvalue weighted by Crippen LogP contribution is -2.16. The van der Waals surface area contributed by atoms with E-state index in [4.69, 9.17) is 21.1 Å². The molecule has 0 unspecified atom stereocenters. The van der Waals surface area contributed by atoms with Crippen molar-refractivity contribution in [3.8, 4) is 11.5 Å². The molecule has 5 nitrogen and oxygen atoms in total. The summed E-state index contributed by atoms with van der Waals surface area (Å²) in [6.07, 6.45) is 0. The van der Waals surface area contributed by atoms with Gasteiger partial charge in [-0.05, 0) is 25.0 Å². The van der Waals surface area contributed by atoms with Crippen LogP contribution < -0.4 is 14.2 Å². The van der Waals surface area contributed by atoms with Crippen LogP contribution in [0.5, 0.6) is 11.5 Å². The van der Waals surface area contributed by atoms with Crippen molar-refractivity contribution in [3.05, 3.63) is 46.5 Å². The summed E-state index contributed by atoms with van der Waals surface area (Å²) in [6, 6.07) is 8.31. The van der Waals surface area contributed by atoms with Gasteiger partial charge in [-0.15, -0.1) is 0 Å². The number of hydrogen-bond acceptors (Lipinski definition) is 4. The van der Waals surface area contributed by atoms with E-state index in [1.54, 1.807) is 0 Å². The minimum atomic E-state index is -3.86. The predicted octanol–water partition coefficient (Wildman–Crippen LogP) is 3.77. The molecule has 7 heteroatoms. The molecule has 0 bridgehead atoms. The third kappa shape index (κ3) is 3.54. The number of aryl methyl sites for hydroxylation is 2. The summed E-state index contributed by atoms with van der Waals surface area (Å²) in [7, 11) is -1.06. The molecule has 0 saturated heterocycles. The number of sulfonamides is 1. The molecule has 0 radical (unpaired) electrons. The molecule has 0 spiro atoms. The lowest BCUT2D eigenvalue weighted by Gasteiger charge is -2.16. The van der Waals surface area contributed by atoms with Crippen LogP contribution in [0, 0.1) is 13.8 Å². The molecule has 0 fully saturated rings. The Hall–Kier alpha value is -1.92. The summed E-state index contributed by atoms with van der Waals surface area (Å²) in [5, 5.41) is 0.273. The second-order valence-electron chi connectivity index (χ2n) is 5.01. The van der Waals surface area contributed by atoms with E-state index in [0.29, 0.717) is 5.69 Å². The van der Waals surface area contributed by atoms with Crippen molar-refractivity contribution >= 4 is 27.3 Å². The van der Waals surface area contributed by atoms with Crippen LogP contribution in [0.2, 0.25) is 5.02 Å². The Labute approximate surface area is 141 Å². The van der Waals surface area contributed by atoms with E-state index in [1.165, 1.54) is 26.4 Å². The molecule has 1 N–H and O–H groups in total. The van der Waals surface area contributed by atoms with Crippen molar-refractivity contribution in [2.24, 2.45) is 0 Å². The van der Waals surface area contributed by atoms with Crippen LogP contribution in [0.4, 0.5) is 5.69 Å². The first-order valence-electron chi connectivity index (χ1n) is 6.80. The van der Waals surface area contributed by atoms with Gasteiger partial charge in [0, 0.05) is 12.1 Å². The number of anilines is 1. The highest BCUT2D eigenvalue weighted by Gasteiger charge is 2.23. The summed E-state index contributed by atoms with van der Waals surface area (Å²) in [6.45, 7) is 3.68. The Morgan fingerprint density at radius 1 is 1.00 bits per heavy atom. The number of methoxy groups -OCH3 is 2. The van der Waals surface area contributed by atoms with Crippen LogP contribution in [-0.2, 0) is 10.0 Å². The van der Waals surface area contributed by atoms with E-state index < -0.39 is 10.0 Å². The lowest BCUT2D eigenvalue weighted by molar-refractivity contribution is 0.392. The molecular formula is C16H18ClNO4S. The highest BCUT2D eigenvalue weighted by Crippen LogP contribution is 2.36. The zero-order valence-electron chi connectivity index (χ0n) is 13.3. The Morgan fingerprint density at radius 3 is 2.09 bits per heavy atom. The van der Waals surface area contributed by atoms with Crippen molar-refractivity contribution in [2.45, 2.75) is 18.7 Å². The third-order valence-electron chi connectivity index (χ3n) is 3.45. The van der Waals surface area contributed by atoms with Gasteiger partial charge < -0.3 is 9.47 Å². The first kappa shape index (κ1) is 17.4. The highest BCUT2D eigenvalue weighted by molar-refractivity contribution is 7.92. The minimum absolute atomic E-state index is 0.0381. The van der Waals surface area contributed by atoms with Gasteiger partial charge in [0.1, 0.15) is 16.4 Å². The molecule has 2 aromatic rings. The van der Waals surface area contributed by atoms with Crippen molar-refractivity contribution in [2.75, 3.05) is 18.9 Å². The lowest BCUT2D eigenvalue weighted by atomic mass is 10.1. The smallest absolute Gasteiger partial charge is 0.265 e. The second kappa shape index (κ2) is 6.68. The number of halogens is 1. The summed E-state index contributed by atoms with van der Waals surface area (Å²) >= 11 is 6.02. The summed E-state index contributed by atoms with van der Waals surface area (Å²) in [5.41, 5.74) is 2.20. The van der Waals surface area contributed by atoms with Gasteiger partial charge in [-0.1, -0.05) is 29.8 Å². The summed E-state index contributed by atoms with van der Waals surface area (Å²) < 4.78 is 38.4. The van der Waals surface area contributed by atoms with Gasteiger partial charge in [0.2, 0.25) is 0 Å². The quantitative estimate of drug-likeness (QED) is 0.886. The molecule has 0 aliphatic carbocycles. The Balaban J connectivity index is 2.56. The molecule has 2 rings (SSSR count). The molecule has 0 aromatic heterocycles. The van der Waals surface area contributed by atoms with Crippen molar-refractivity contribution in [1.82, 2.24) is 0 Å². The van der Waals surface area contributed by atoms with E-state index in [9.17, 15) is 8.42 Å². The fourth-order valence-corrected chi connectivity index (χ4v) is 3.81. The van der Waals surface area contributed by atoms with Crippen molar-refractivity contribution in [1.29, 1.82) is 0 Å². The van der Waals surface area contributed by atoms with Gasteiger partial charge in [-0.2, -0.15) is 0 Å². The average Bonchev–Trinajstić information content (AvgIpc) is 2.50. The number of hydrogen-bond donors (Lipinski definition) is 1. The van der Waals surface area contributed by atoms with E-state index in [2.05, 4.69) is 4.72 Å². The average molecular weight is 356 g/mol. The summed E-state index contributed by atoms with van der Waals surface area (Å²) in [4.78, 5) is -0.0381. The molecule has 124 valence electrons. The topological polar surface area (TPSA) is 64.6 Å². The molecule has 0 aliphatic rings. The van der Waals surface area contributed by atoms with E-state index >= 15 is 0 Å². The van der Waals surface area contributed by atoms with E-state index in [-0.39, 0.29) is 21.4 Å². The zero-order chi connectivity index (χ0) is 17.2.